The van der Waals surface area contributed by atoms with Crippen LogP contribution in [0.25, 0.3) is 11.1 Å². The number of anilines is 1. The molecule has 1 heterocycles. The Hall–Kier alpha value is -2.90. The van der Waals surface area contributed by atoms with Crippen molar-refractivity contribution in [2.24, 2.45) is 0 Å². The van der Waals surface area contributed by atoms with E-state index in [-0.39, 0.29) is 36.8 Å². The molecule has 7 heteroatoms. The first-order valence-corrected chi connectivity index (χ1v) is 14.3. The highest BCUT2D eigenvalue weighted by Crippen LogP contribution is 2.38. The van der Waals surface area contributed by atoms with Gasteiger partial charge in [-0.2, -0.15) is 0 Å². The van der Waals surface area contributed by atoms with Crippen molar-refractivity contribution in [3.05, 3.63) is 82.7 Å². The van der Waals surface area contributed by atoms with Gasteiger partial charge < -0.3 is 15.2 Å². The largest absolute Gasteiger partial charge is 0.491 e. The van der Waals surface area contributed by atoms with Crippen LogP contribution in [0.5, 0.6) is 5.75 Å². The van der Waals surface area contributed by atoms with Gasteiger partial charge in [0.25, 0.3) is 0 Å². The number of aryl methyl sites for hydroxylation is 3. The summed E-state index contributed by atoms with van der Waals surface area (Å²) in [4.78, 5) is 0. The molecule has 1 saturated heterocycles. The van der Waals surface area contributed by atoms with Gasteiger partial charge in [-0.05, 0) is 109 Å². The minimum Gasteiger partial charge on any atom is -0.491 e. The van der Waals surface area contributed by atoms with E-state index in [0.717, 1.165) is 36.1 Å². The maximum absolute atomic E-state index is 13.5. The summed E-state index contributed by atoms with van der Waals surface area (Å²) < 4.78 is 43.0. The van der Waals surface area contributed by atoms with Crippen LogP contribution in [-0.2, 0) is 29.2 Å². The lowest BCUT2D eigenvalue weighted by atomic mass is 9.91. The topological polar surface area (TPSA) is 75.6 Å². The number of aliphatic hydroxyl groups is 1. The van der Waals surface area contributed by atoms with Crippen LogP contribution < -0.4 is 10.1 Å². The number of ether oxygens (including phenoxy) is 1. The number of nitrogens with one attached hydrogen (secondary N) is 1. The van der Waals surface area contributed by atoms with E-state index in [1.165, 1.54) is 34.4 Å². The van der Waals surface area contributed by atoms with E-state index < -0.39 is 15.4 Å². The summed E-state index contributed by atoms with van der Waals surface area (Å²) in [6.45, 7) is 2.77. The first-order chi connectivity index (χ1) is 17.2. The maximum atomic E-state index is 13.5. The van der Waals surface area contributed by atoms with Crippen molar-refractivity contribution in [1.29, 1.82) is 0 Å². The van der Waals surface area contributed by atoms with E-state index in [1.54, 1.807) is 6.07 Å². The van der Waals surface area contributed by atoms with Crippen LogP contribution in [0.15, 0.2) is 54.6 Å². The Balaban J connectivity index is 1.36. The van der Waals surface area contributed by atoms with Gasteiger partial charge in [-0.3, -0.25) is 0 Å². The Morgan fingerprint density at radius 1 is 1.03 bits per heavy atom. The molecule has 2 aliphatic rings. The standard InChI is InChI=1S/C29H32FNO4S/c1-20-14-26(35-19-29(32)10-12-36(33,34)13-11-29)16-23-5-2-4-22-9-8-21(15-27(22)28(20)23)18-31-25-7-3-6-24(30)17-25/h3,6-9,14-17,31-32H,2,4-5,10-13,18-19H2,1H3. The molecule has 1 fully saturated rings. The van der Waals surface area contributed by atoms with Gasteiger partial charge in [0.2, 0.25) is 0 Å². The highest BCUT2D eigenvalue weighted by atomic mass is 32.2. The van der Waals surface area contributed by atoms with Crippen molar-refractivity contribution in [2.75, 3.05) is 23.4 Å². The van der Waals surface area contributed by atoms with Gasteiger partial charge in [-0.15, -0.1) is 0 Å². The van der Waals surface area contributed by atoms with Gasteiger partial charge in [0.05, 0.1) is 11.5 Å². The molecule has 5 rings (SSSR count). The van der Waals surface area contributed by atoms with E-state index in [1.807, 2.05) is 12.1 Å². The zero-order valence-electron chi connectivity index (χ0n) is 20.5. The van der Waals surface area contributed by atoms with E-state index in [4.69, 9.17) is 4.74 Å². The predicted octanol–water partition coefficient (Wildman–Crippen LogP) is 5.22. The summed E-state index contributed by atoms with van der Waals surface area (Å²) in [6, 6.07) is 17.1. The van der Waals surface area contributed by atoms with Crippen LogP contribution in [0.2, 0.25) is 0 Å². The number of fused-ring (bicyclic) bond motifs is 3. The molecule has 3 aromatic carbocycles. The van der Waals surface area contributed by atoms with Crippen LogP contribution in [0.3, 0.4) is 0 Å². The van der Waals surface area contributed by atoms with Crippen molar-refractivity contribution in [2.45, 2.75) is 51.2 Å². The van der Waals surface area contributed by atoms with Crippen molar-refractivity contribution in [1.82, 2.24) is 0 Å². The smallest absolute Gasteiger partial charge is 0.150 e. The summed E-state index contributed by atoms with van der Waals surface area (Å²) in [7, 11) is -3.05. The molecular formula is C29H32FNO4S. The monoisotopic (exact) mass is 509 g/mol. The molecule has 0 unspecified atom stereocenters. The number of benzene rings is 3. The van der Waals surface area contributed by atoms with Gasteiger partial charge in [0.15, 0.2) is 9.84 Å². The van der Waals surface area contributed by atoms with Gasteiger partial charge >= 0.3 is 0 Å². The Kier molecular flexibility index (Phi) is 6.79. The zero-order chi connectivity index (χ0) is 25.3. The molecule has 0 saturated carbocycles. The second-order valence-corrected chi connectivity index (χ2v) is 12.5. The highest BCUT2D eigenvalue weighted by molar-refractivity contribution is 7.91. The SMILES string of the molecule is Cc1cc(OCC2(O)CCS(=O)(=O)CC2)cc2c1-c1cc(CNc3cccc(F)c3)ccc1CCC2. The molecule has 0 bridgehead atoms. The summed E-state index contributed by atoms with van der Waals surface area (Å²) in [6.07, 6.45) is 3.37. The minimum absolute atomic E-state index is 0.00324. The highest BCUT2D eigenvalue weighted by Gasteiger charge is 2.36. The third-order valence-corrected chi connectivity index (χ3v) is 8.96. The predicted molar refractivity (Wildman–Crippen MR) is 141 cm³/mol. The Bertz CT molecular complexity index is 1370. The van der Waals surface area contributed by atoms with Gasteiger partial charge in [-0.25, -0.2) is 12.8 Å². The number of halogens is 1. The molecule has 36 heavy (non-hydrogen) atoms. The van der Waals surface area contributed by atoms with E-state index in [9.17, 15) is 17.9 Å². The van der Waals surface area contributed by atoms with Crippen molar-refractivity contribution in [3.63, 3.8) is 0 Å². The fraction of sp³-hybridized carbons (Fsp3) is 0.379. The second kappa shape index (κ2) is 9.87. The van der Waals surface area contributed by atoms with Crippen LogP contribution in [0.1, 0.15) is 41.5 Å². The van der Waals surface area contributed by atoms with Crippen LogP contribution in [-0.4, -0.2) is 37.2 Å². The molecule has 0 aromatic heterocycles. The number of rotatable bonds is 6. The van der Waals surface area contributed by atoms with E-state index in [2.05, 4.69) is 36.5 Å². The summed E-state index contributed by atoms with van der Waals surface area (Å²) >= 11 is 0. The van der Waals surface area contributed by atoms with Crippen LogP contribution in [0.4, 0.5) is 10.1 Å². The molecule has 3 aromatic rings. The molecule has 1 aliphatic heterocycles. The molecule has 1 aliphatic carbocycles. The summed E-state index contributed by atoms with van der Waals surface area (Å²) in [5.41, 5.74) is 6.86. The lowest BCUT2D eigenvalue weighted by Crippen LogP contribution is -2.43. The van der Waals surface area contributed by atoms with Crippen LogP contribution >= 0.6 is 0 Å². The van der Waals surface area contributed by atoms with Crippen LogP contribution in [0, 0.1) is 12.7 Å². The van der Waals surface area contributed by atoms with Gasteiger partial charge in [0, 0.05) is 12.2 Å². The maximum Gasteiger partial charge on any atom is 0.150 e. The van der Waals surface area contributed by atoms with Gasteiger partial charge in [-0.1, -0.05) is 18.2 Å². The fourth-order valence-electron chi connectivity index (χ4n) is 5.23. The molecule has 0 spiro atoms. The normalized spacial score (nSPS) is 18.0. The molecule has 2 N–H and O–H groups in total. The molecule has 5 nitrogen and oxygen atoms in total. The number of hydrogen-bond acceptors (Lipinski definition) is 5. The zero-order valence-corrected chi connectivity index (χ0v) is 21.3. The molecule has 0 atom stereocenters. The van der Waals surface area contributed by atoms with Crippen molar-refractivity contribution < 1.29 is 22.7 Å². The first-order valence-electron chi connectivity index (χ1n) is 12.5. The Morgan fingerprint density at radius 2 is 1.81 bits per heavy atom. The number of hydrogen-bond donors (Lipinski definition) is 2. The summed E-state index contributed by atoms with van der Waals surface area (Å²) in [5.74, 6) is 0.456. The average Bonchev–Trinajstić information content (AvgIpc) is 3.03. The summed E-state index contributed by atoms with van der Waals surface area (Å²) in [5, 5.41) is 14.1. The Morgan fingerprint density at radius 3 is 2.58 bits per heavy atom. The van der Waals surface area contributed by atoms with E-state index >= 15 is 0 Å². The van der Waals surface area contributed by atoms with E-state index in [0.29, 0.717) is 12.3 Å². The van der Waals surface area contributed by atoms with Crippen molar-refractivity contribution in [3.8, 4) is 16.9 Å². The fourth-order valence-corrected chi connectivity index (χ4v) is 6.81. The lowest BCUT2D eigenvalue weighted by Gasteiger charge is -2.31. The molecular weight excluding hydrogens is 477 g/mol. The molecule has 0 amide bonds. The Labute approximate surface area is 212 Å². The quantitative estimate of drug-likeness (QED) is 0.477. The van der Waals surface area contributed by atoms with Crippen molar-refractivity contribution >= 4 is 15.5 Å². The third-order valence-electron chi connectivity index (χ3n) is 7.31. The minimum atomic E-state index is -3.05. The molecule has 0 radical (unpaired) electrons. The van der Waals surface area contributed by atoms with Gasteiger partial charge in [0.1, 0.15) is 23.8 Å². The third kappa shape index (κ3) is 5.57. The average molecular weight is 510 g/mol. The molecule has 190 valence electrons. The number of sulfone groups is 1. The second-order valence-electron chi connectivity index (χ2n) is 10.1. The first kappa shape index (κ1) is 24.8. The lowest BCUT2D eigenvalue weighted by molar-refractivity contribution is -0.0128.